The van der Waals surface area contributed by atoms with Crippen LogP contribution in [0.25, 0.3) is 11.1 Å². The number of aryl methyl sites for hydroxylation is 1. The predicted molar refractivity (Wildman–Crippen MR) is 107 cm³/mol. The minimum absolute atomic E-state index is 0.490. The minimum Gasteiger partial charge on any atom is -0.418 e. The summed E-state index contributed by atoms with van der Waals surface area (Å²) in [7, 11) is -6.00. The Labute approximate surface area is 163 Å². The molecule has 0 atom stereocenters. The number of nitrogens with zero attached hydrogens (tertiary/aromatic N) is 1. The topological polar surface area (TPSA) is 3.88 Å². The monoisotopic (exact) mass is 389 g/mol. The Morgan fingerprint density at radius 3 is 1.93 bits per heavy atom. The quantitative estimate of drug-likeness (QED) is 0.275. The molecule has 0 bridgehead atoms. The number of aromatic nitrogens is 1. The summed E-state index contributed by atoms with van der Waals surface area (Å²) in [5.41, 5.74) is 6.58. The van der Waals surface area contributed by atoms with Crippen LogP contribution in [0.5, 0.6) is 0 Å². The Kier molecular flexibility index (Phi) is 7.38. The van der Waals surface area contributed by atoms with E-state index in [4.69, 9.17) is 0 Å². The van der Waals surface area contributed by atoms with Gasteiger partial charge in [-0.15, -0.1) is 0 Å². The van der Waals surface area contributed by atoms with Crippen molar-refractivity contribution in [1.82, 2.24) is 0 Å². The van der Waals surface area contributed by atoms with E-state index >= 15 is 0 Å². The lowest BCUT2D eigenvalue weighted by atomic mass is 10.0. The van der Waals surface area contributed by atoms with Crippen molar-refractivity contribution in [2.75, 3.05) is 0 Å². The van der Waals surface area contributed by atoms with E-state index < -0.39 is 7.25 Å². The molecule has 28 heavy (non-hydrogen) atoms. The van der Waals surface area contributed by atoms with Crippen LogP contribution < -0.4 is 4.57 Å². The highest BCUT2D eigenvalue weighted by molar-refractivity contribution is 6.50. The molecule has 148 valence electrons. The van der Waals surface area contributed by atoms with Crippen LogP contribution in [0.1, 0.15) is 36.6 Å². The maximum atomic E-state index is 9.75. The van der Waals surface area contributed by atoms with Gasteiger partial charge < -0.3 is 17.3 Å². The largest absolute Gasteiger partial charge is 0.673 e. The van der Waals surface area contributed by atoms with Crippen LogP contribution in [0.4, 0.5) is 17.3 Å². The van der Waals surface area contributed by atoms with E-state index in [1.807, 2.05) is 0 Å². The Morgan fingerprint density at radius 1 is 0.821 bits per heavy atom. The zero-order valence-electron chi connectivity index (χ0n) is 16.2. The number of hydrogen-bond acceptors (Lipinski definition) is 0. The van der Waals surface area contributed by atoms with E-state index in [0.29, 0.717) is 5.92 Å². The van der Waals surface area contributed by atoms with Gasteiger partial charge in [0.2, 0.25) is 0 Å². The fourth-order valence-corrected chi connectivity index (χ4v) is 2.89. The van der Waals surface area contributed by atoms with Gasteiger partial charge in [-0.1, -0.05) is 74.0 Å². The number of hydrogen-bond donors (Lipinski definition) is 0. The van der Waals surface area contributed by atoms with Crippen molar-refractivity contribution in [1.29, 1.82) is 0 Å². The van der Waals surface area contributed by atoms with Gasteiger partial charge in [0.05, 0.1) is 0 Å². The summed E-state index contributed by atoms with van der Waals surface area (Å²) in [6.07, 6.45) is 2.22. The lowest BCUT2D eigenvalue weighted by Gasteiger charge is -2.10. The lowest BCUT2D eigenvalue weighted by Crippen LogP contribution is -2.39. The molecule has 1 nitrogen and oxygen atoms in total. The highest BCUT2D eigenvalue weighted by Gasteiger charge is 2.20. The van der Waals surface area contributed by atoms with Gasteiger partial charge in [-0.05, 0) is 18.1 Å². The SMILES string of the molecule is Cc1ccc(C[n+]2ccc(-c3ccccc3)cc2C(C)C)cc1.F[B-](F)(F)F. The predicted octanol–water partition coefficient (Wildman–Crippen LogP) is 6.42. The van der Waals surface area contributed by atoms with E-state index in [1.165, 1.54) is 27.9 Å². The Bertz CT molecular complexity index is 869. The van der Waals surface area contributed by atoms with Crippen molar-refractivity contribution in [3.8, 4) is 11.1 Å². The molecular formula is C22H24BF4N. The summed E-state index contributed by atoms with van der Waals surface area (Å²) in [4.78, 5) is 0. The second-order valence-electron chi connectivity index (χ2n) is 6.97. The Balaban J connectivity index is 0.000000500. The molecule has 2 aromatic carbocycles. The molecule has 0 spiro atoms. The summed E-state index contributed by atoms with van der Waals surface area (Å²) >= 11 is 0. The van der Waals surface area contributed by atoms with Crippen molar-refractivity contribution < 1.29 is 21.8 Å². The maximum Gasteiger partial charge on any atom is 0.673 e. The first-order chi connectivity index (χ1) is 13.1. The molecule has 3 aromatic rings. The molecule has 0 aliphatic rings. The highest BCUT2D eigenvalue weighted by atomic mass is 19.5. The summed E-state index contributed by atoms with van der Waals surface area (Å²) in [6, 6.07) is 23.9. The Hall–Kier alpha value is -2.63. The van der Waals surface area contributed by atoms with Crippen LogP contribution >= 0.6 is 0 Å². The van der Waals surface area contributed by atoms with E-state index in [9.17, 15) is 17.3 Å². The molecule has 1 aromatic heterocycles. The molecule has 0 aliphatic carbocycles. The first-order valence-corrected chi connectivity index (χ1v) is 9.15. The highest BCUT2D eigenvalue weighted by Crippen LogP contribution is 2.21. The molecule has 0 unspecified atom stereocenters. The fraction of sp³-hybridized carbons (Fsp3) is 0.227. The lowest BCUT2D eigenvalue weighted by molar-refractivity contribution is -0.696. The van der Waals surface area contributed by atoms with Crippen molar-refractivity contribution >= 4 is 7.25 Å². The van der Waals surface area contributed by atoms with E-state index in [0.717, 1.165) is 6.54 Å². The van der Waals surface area contributed by atoms with Crippen molar-refractivity contribution in [2.45, 2.75) is 33.2 Å². The maximum absolute atomic E-state index is 9.75. The van der Waals surface area contributed by atoms with Gasteiger partial charge in [0.25, 0.3) is 0 Å². The zero-order valence-corrected chi connectivity index (χ0v) is 16.2. The second-order valence-corrected chi connectivity index (χ2v) is 6.97. The molecule has 0 radical (unpaired) electrons. The van der Waals surface area contributed by atoms with Crippen LogP contribution in [0.15, 0.2) is 72.9 Å². The fourth-order valence-electron chi connectivity index (χ4n) is 2.89. The van der Waals surface area contributed by atoms with Crippen LogP contribution in [-0.2, 0) is 6.54 Å². The third-order valence-electron chi connectivity index (χ3n) is 4.24. The summed E-state index contributed by atoms with van der Waals surface area (Å²) in [6.45, 7) is 7.57. The van der Waals surface area contributed by atoms with Gasteiger partial charge in [-0.2, -0.15) is 4.57 Å². The molecule has 3 rings (SSSR count). The second kappa shape index (κ2) is 9.53. The first-order valence-electron chi connectivity index (χ1n) is 9.15. The van der Waals surface area contributed by atoms with E-state index in [2.05, 4.69) is 98.3 Å². The smallest absolute Gasteiger partial charge is 0.418 e. The van der Waals surface area contributed by atoms with Crippen LogP contribution in [-0.4, -0.2) is 7.25 Å². The molecule has 0 aliphatic heterocycles. The van der Waals surface area contributed by atoms with Crippen molar-refractivity contribution in [3.63, 3.8) is 0 Å². The van der Waals surface area contributed by atoms with Gasteiger partial charge in [0.15, 0.2) is 18.4 Å². The standard InChI is InChI=1S/C22H24N.BF4/c1-17(2)22-15-21(20-7-5-4-6-8-20)13-14-23(22)16-19-11-9-18(3)10-12-19;2-1(3,4)5/h4-15,17H,16H2,1-3H3;/q+1;-1. The van der Waals surface area contributed by atoms with Crippen LogP contribution in [0.3, 0.4) is 0 Å². The van der Waals surface area contributed by atoms with Crippen molar-refractivity contribution in [2.24, 2.45) is 0 Å². The van der Waals surface area contributed by atoms with Crippen LogP contribution in [0.2, 0.25) is 0 Å². The van der Waals surface area contributed by atoms with Gasteiger partial charge in [-0.25, -0.2) is 0 Å². The third-order valence-corrected chi connectivity index (χ3v) is 4.24. The molecule has 0 fully saturated rings. The average molecular weight is 389 g/mol. The molecule has 0 N–H and O–H groups in total. The first kappa shape index (κ1) is 21.7. The van der Waals surface area contributed by atoms with E-state index in [1.54, 1.807) is 0 Å². The number of halogens is 4. The van der Waals surface area contributed by atoms with Gasteiger partial charge in [0, 0.05) is 23.6 Å². The molecule has 6 heteroatoms. The van der Waals surface area contributed by atoms with Gasteiger partial charge in [-0.3, -0.25) is 0 Å². The summed E-state index contributed by atoms with van der Waals surface area (Å²) < 4.78 is 41.4. The number of rotatable bonds is 4. The van der Waals surface area contributed by atoms with Gasteiger partial charge in [0.1, 0.15) is 0 Å². The molecular weight excluding hydrogens is 365 g/mol. The van der Waals surface area contributed by atoms with Crippen molar-refractivity contribution in [3.05, 3.63) is 89.7 Å². The van der Waals surface area contributed by atoms with E-state index in [-0.39, 0.29) is 0 Å². The van der Waals surface area contributed by atoms with Gasteiger partial charge >= 0.3 is 7.25 Å². The zero-order chi connectivity index (χ0) is 20.7. The number of pyridine rings is 1. The molecule has 0 amide bonds. The number of benzene rings is 2. The summed E-state index contributed by atoms with van der Waals surface area (Å²) in [5.74, 6) is 0.490. The Morgan fingerprint density at radius 2 is 1.39 bits per heavy atom. The molecule has 1 heterocycles. The normalized spacial score (nSPS) is 11.1. The summed E-state index contributed by atoms with van der Waals surface area (Å²) in [5, 5.41) is 0. The third kappa shape index (κ3) is 7.18. The van der Waals surface area contributed by atoms with Crippen LogP contribution in [0, 0.1) is 6.92 Å². The minimum atomic E-state index is -6.00. The molecule has 0 saturated carbocycles. The molecule has 0 saturated heterocycles. The average Bonchev–Trinajstić information content (AvgIpc) is 2.63.